The number of hydrogen-bond donors (Lipinski definition) is 1. The van der Waals surface area contributed by atoms with Gasteiger partial charge in [-0.15, -0.1) is 11.3 Å². The lowest BCUT2D eigenvalue weighted by Crippen LogP contribution is -2.12. The first kappa shape index (κ1) is 13.5. The first-order valence-corrected chi connectivity index (χ1v) is 7.11. The number of benzene rings is 1. The third kappa shape index (κ3) is 3.31. The zero-order valence-corrected chi connectivity index (χ0v) is 11.7. The van der Waals surface area contributed by atoms with Crippen molar-refractivity contribution >= 4 is 22.9 Å². The van der Waals surface area contributed by atoms with E-state index < -0.39 is 0 Å². The largest absolute Gasteiger partial charge is 0.308 e. The Morgan fingerprint density at radius 3 is 2.67 bits per heavy atom. The first-order chi connectivity index (χ1) is 8.70. The van der Waals surface area contributed by atoms with Gasteiger partial charge in [-0.2, -0.15) is 0 Å². The Hall–Kier alpha value is -0.900. The minimum atomic E-state index is -0.327. The maximum absolute atomic E-state index is 13.6. The molecule has 0 bridgehead atoms. The SMILES string of the molecule is CCc1ccc(CNCc2cccc(Cl)c2F)s1. The average molecular weight is 284 g/mol. The first-order valence-electron chi connectivity index (χ1n) is 5.92. The number of nitrogens with one attached hydrogen (secondary N) is 1. The van der Waals surface area contributed by atoms with Gasteiger partial charge >= 0.3 is 0 Å². The molecular formula is C14H15ClFNS. The van der Waals surface area contributed by atoms with E-state index in [-0.39, 0.29) is 10.8 Å². The van der Waals surface area contributed by atoms with Crippen LogP contribution in [-0.2, 0) is 19.5 Å². The van der Waals surface area contributed by atoms with Crippen molar-refractivity contribution in [2.45, 2.75) is 26.4 Å². The van der Waals surface area contributed by atoms with Crippen molar-refractivity contribution in [1.29, 1.82) is 0 Å². The fourth-order valence-corrected chi connectivity index (χ4v) is 2.83. The summed E-state index contributed by atoms with van der Waals surface area (Å²) < 4.78 is 13.6. The van der Waals surface area contributed by atoms with E-state index >= 15 is 0 Å². The van der Waals surface area contributed by atoms with E-state index in [1.807, 2.05) is 0 Å². The Labute approximate surface area is 116 Å². The van der Waals surface area contributed by atoms with Gasteiger partial charge in [-0.3, -0.25) is 0 Å². The van der Waals surface area contributed by atoms with Crippen molar-refractivity contribution in [3.63, 3.8) is 0 Å². The highest BCUT2D eigenvalue weighted by Crippen LogP contribution is 2.19. The molecule has 0 atom stereocenters. The predicted molar refractivity (Wildman–Crippen MR) is 75.7 cm³/mol. The van der Waals surface area contributed by atoms with Crippen LogP contribution in [0.25, 0.3) is 0 Å². The number of halogens is 2. The number of rotatable bonds is 5. The van der Waals surface area contributed by atoms with Crippen LogP contribution in [0.15, 0.2) is 30.3 Å². The maximum atomic E-state index is 13.6. The summed E-state index contributed by atoms with van der Waals surface area (Å²) in [5, 5.41) is 3.41. The Kier molecular flexibility index (Phi) is 4.75. The molecule has 0 amide bonds. The van der Waals surface area contributed by atoms with Crippen molar-refractivity contribution in [2.24, 2.45) is 0 Å². The molecule has 18 heavy (non-hydrogen) atoms. The van der Waals surface area contributed by atoms with Crippen molar-refractivity contribution < 1.29 is 4.39 Å². The molecule has 0 aliphatic rings. The number of aryl methyl sites for hydroxylation is 1. The molecule has 0 spiro atoms. The molecule has 4 heteroatoms. The van der Waals surface area contributed by atoms with Crippen LogP contribution in [0.2, 0.25) is 5.02 Å². The van der Waals surface area contributed by atoms with E-state index in [0.29, 0.717) is 12.1 Å². The van der Waals surface area contributed by atoms with Gasteiger partial charge in [0.1, 0.15) is 5.82 Å². The second-order valence-electron chi connectivity index (χ2n) is 4.04. The van der Waals surface area contributed by atoms with Crippen molar-refractivity contribution in [2.75, 3.05) is 0 Å². The van der Waals surface area contributed by atoms with Gasteiger partial charge < -0.3 is 5.32 Å². The van der Waals surface area contributed by atoms with Gasteiger partial charge in [0, 0.05) is 28.4 Å². The summed E-state index contributed by atoms with van der Waals surface area (Å²) in [5.74, 6) is -0.327. The summed E-state index contributed by atoms with van der Waals surface area (Å²) in [7, 11) is 0. The van der Waals surface area contributed by atoms with E-state index in [9.17, 15) is 4.39 Å². The standard InChI is InChI=1S/C14H15ClFNS/c1-2-11-6-7-12(18-11)9-17-8-10-4-3-5-13(15)14(10)16/h3-7,17H,2,8-9H2,1H3. The van der Waals surface area contributed by atoms with Crippen LogP contribution in [0, 0.1) is 5.82 Å². The highest BCUT2D eigenvalue weighted by Gasteiger charge is 2.05. The Morgan fingerprint density at radius 2 is 1.94 bits per heavy atom. The molecular weight excluding hydrogens is 269 g/mol. The van der Waals surface area contributed by atoms with Gasteiger partial charge in [-0.25, -0.2) is 4.39 Å². The zero-order chi connectivity index (χ0) is 13.0. The van der Waals surface area contributed by atoms with Crippen LogP contribution in [0.3, 0.4) is 0 Å². The molecule has 2 rings (SSSR count). The van der Waals surface area contributed by atoms with Crippen LogP contribution < -0.4 is 5.32 Å². The van der Waals surface area contributed by atoms with Crippen LogP contribution in [0.5, 0.6) is 0 Å². The van der Waals surface area contributed by atoms with Crippen molar-refractivity contribution in [3.05, 3.63) is 56.5 Å². The lowest BCUT2D eigenvalue weighted by atomic mass is 10.2. The molecule has 0 aliphatic heterocycles. The number of thiophene rings is 1. The fourth-order valence-electron chi connectivity index (χ4n) is 1.71. The molecule has 2 aromatic rings. The van der Waals surface area contributed by atoms with E-state index in [1.165, 1.54) is 9.75 Å². The predicted octanol–water partition coefficient (Wildman–Crippen LogP) is 4.39. The molecule has 1 aromatic heterocycles. The summed E-state index contributed by atoms with van der Waals surface area (Å²) in [6.45, 7) is 3.40. The smallest absolute Gasteiger partial charge is 0.146 e. The molecule has 0 aliphatic carbocycles. The minimum Gasteiger partial charge on any atom is -0.308 e. The highest BCUT2D eigenvalue weighted by atomic mass is 35.5. The van der Waals surface area contributed by atoms with Crippen LogP contribution >= 0.6 is 22.9 Å². The summed E-state index contributed by atoms with van der Waals surface area (Å²) >= 11 is 7.52. The molecule has 0 saturated carbocycles. The van der Waals surface area contributed by atoms with E-state index in [4.69, 9.17) is 11.6 Å². The maximum Gasteiger partial charge on any atom is 0.146 e. The molecule has 1 aromatic carbocycles. The van der Waals surface area contributed by atoms with Gasteiger partial charge in [0.15, 0.2) is 0 Å². The molecule has 0 fully saturated rings. The van der Waals surface area contributed by atoms with Gasteiger partial charge in [0.25, 0.3) is 0 Å². The summed E-state index contributed by atoms with van der Waals surface area (Å²) in [6.07, 6.45) is 1.06. The molecule has 96 valence electrons. The molecule has 0 radical (unpaired) electrons. The van der Waals surface area contributed by atoms with Crippen LogP contribution in [0.1, 0.15) is 22.2 Å². The quantitative estimate of drug-likeness (QED) is 0.858. The van der Waals surface area contributed by atoms with Gasteiger partial charge in [0.05, 0.1) is 5.02 Å². The number of hydrogen-bond acceptors (Lipinski definition) is 2. The van der Waals surface area contributed by atoms with Gasteiger partial charge in [0.2, 0.25) is 0 Å². The van der Waals surface area contributed by atoms with Crippen molar-refractivity contribution in [1.82, 2.24) is 5.32 Å². The normalized spacial score (nSPS) is 10.8. The molecule has 0 unspecified atom stereocenters. The molecule has 0 saturated heterocycles. The second-order valence-corrected chi connectivity index (χ2v) is 5.70. The van der Waals surface area contributed by atoms with E-state index in [1.54, 1.807) is 29.5 Å². The second kappa shape index (κ2) is 6.32. The highest BCUT2D eigenvalue weighted by molar-refractivity contribution is 7.11. The zero-order valence-electron chi connectivity index (χ0n) is 10.2. The average Bonchev–Trinajstić information content (AvgIpc) is 2.82. The van der Waals surface area contributed by atoms with Crippen molar-refractivity contribution in [3.8, 4) is 0 Å². The monoisotopic (exact) mass is 283 g/mol. The Morgan fingerprint density at radius 1 is 1.17 bits per heavy atom. The molecule has 1 nitrogen and oxygen atoms in total. The summed E-state index contributed by atoms with van der Waals surface area (Å²) in [5.41, 5.74) is 0.606. The Bertz CT molecular complexity index is 524. The summed E-state index contributed by atoms with van der Waals surface area (Å²) in [4.78, 5) is 2.65. The lowest BCUT2D eigenvalue weighted by molar-refractivity contribution is 0.589. The fraction of sp³-hybridized carbons (Fsp3) is 0.286. The van der Waals surface area contributed by atoms with Crippen LogP contribution in [0.4, 0.5) is 4.39 Å². The third-order valence-corrected chi connectivity index (χ3v) is 4.23. The van der Waals surface area contributed by atoms with Gasteiger partial charge in [-0.05, 0) is 24.6 Å². The van der Waals surface area contributed by atoms with E-state index in [2.05, 4.69) is 24.4 Å². The van der Waals surface area contributed by atoms with Gasteiger partial charge in [-0.1, -0.05) is 30.7 Å². The summed E-state index contributed by atoms with van der Waals surface area (Å²) in [6, 6.07) is 9.34. The third-order valence-electron chi connectivity index (χ3n) is 2.71. The molecule has 1 N–H and O–H groups in total. The molecule has 1 heterocycles. The van der Waals surface area contributed by atoms with E-state index in [0.717, 1.165) is 13.0 Å². The minimum absolute atomic E-state index is 0.179. The topological polar surface area (TPSA) is 12.0 Å². The Balaban J connectivity index is 1.90. The van der Waals surface area contributed by atoms with Crippen LogP contribution in [-0.4, -0.2) is 0 Å². The lowest BCUT2D eigenvalue weighted by Gasteiger charge is -2.05.